The van der Waals surface area contributed by atoms with Crippen LogP contribution in [-0.4, -0.2) is 63.2 Å². The van der Waals surface area contributed by atoms with Gasteiger partial charge in [0.05, 0.1) is 35.4 Å². The third-order valence-electron chi connectivity index (χ3n) is 7.31. The van der Waals surface area contributed by atoms with Gasteiger partial charge in [-0.3, -0.25) is 4.79 Å². The Morgan fingerprint density at radius 3 is 2.58 bits per heavy atom. The Balaban J connectivity index is 1.35. The number of halogens is 1. The highest BCUT2D eigenvalue weighted by Gasteiger charge is 2.33. The topological polar surface area (TPSA) is 81.1 Å². The molecule has 4 aromatic rings. The SMILES string of the molecule is CN1C(=O)/C(=C\c2cn(CCOc3ccccc3Cl)c3ccccc23)c2cc(S(=O)(=O)N3CCOCC3)ccc21. The molecule has 0 aliphatic carbocycles. The van der Waals surface area contributed by atoms with Gasteiger partial charge in [-0.05, 0) is 42.5 Å². The van der Waals surface area contributed by atoms with Gasteiger partial charge in [0, 0.05) is 53.9 Å². The number of carbonyl (C=O) groups excluding carboxylic acids is 1. The molecule has 1 aromatic heterocycles. The zero-order chi connectivity index (χ0) is 27.9. The van der Waals surface area contributed by atoms with Gasteiger partial charge >= 0.3 is 0 Å². The fraction of sp³-hybridized carbons (Fsp3) is 0.233. The van der Waals surface area contributed by atoms with Crippen molar-refractivity contribution < 1.29 is 22.7 Å². The molecule has 8 nitrogen and oxygen atoms in total. The zero-order valence-electron chi connectivity index (χ0n) is 21.9. The number of fused-ring (bicyclic) bond motifs is 2. The number of para-hydroxylation sites is 2. The number of amides is 1. The van der Waals surface area contributed by atoms with Gasteiger partial charge in [-0.15, -0.1) is 0 Å². The molecule has 0 spiro atoms. The number of rotatable bonds is 7. The number of carbonyl (C=O) groups is 1. The molecule has 40 heavy (non-hydrogen) atoms. The van der Waals surface area contributed by atoms with Crippen LogP contribution in [0.3, 0.4) is 0 Å². The molecule has 1 amide bonds. The Morgan fingerprint density at radius 1 is 1.02 bits per heavy atom. The van der Waals surface area contributed by atoms with Crippen molar-refractivity contribution in [2.45, 2.75) is 11.4 Å². The molecule has 0 unspecified atom stereocenters. The van der Waals surface area contributed by atoms with Crippen LogP contribution < -0.4 is 9.64 Å². The molecule has 1 saturated heterocycles. The van der Waals surface area contributed by atoms with E-state index < -0.39 is 10.0 Å². The van der Waals surface area contributed by atoms with Crippen molar-refractivity contribution in [3.8, 4) is 5.75 Å². The lowest BCUT2D eigenvalue weighted by atomic mass is 10.0. The summed E-state index contributed by atoms with van der Waals surface area (Å²) in [6.07, 6.45) is 3.84. The van der Waals surface area contributed by atoms with Crippen LogP contribution in [0.4, 0.5) is 5.69 Å². The third kappa shape index (κ3) is 4.79. The monoisotopic (exact) mass is 577 g/mol. The summed E-state index contributed by atoms with van der Waals surface area (Å²) in [6, 6.07) is 20.2. The molecule has 206 valence electrons. The molecule has 10 heteroatoms. The van der Waals surface area contributed by atoms with Crippen LogP contribution in [0.25, 0.3) is 22.6 Å². The van der Waals surface area contributed by atoms with E-state index in [4.69, 9.17) is 21.1 Å². The van der Waals surface area contributed by atoms with Gasteiger partial charge in [-0.1, -0.05) is 41.9 Å². The highest BCUT2D eigenvalue weighted by molar-refractivity contribution is 7.89. The molecule has 0 saturated carbocycles. The predicted octanol–water partition coefficient (Wildman–Crippen LogP) is 4.91. The fourth-order valence-corrected chi connectivity index (χ4v) is 6.84. The molecule has 0 atom stereocenters. The summed E-state index contributed by atoms with van der Waals surface area (Å²) < 4.78 is 41.4. The Bertz CT molecular complexity index is 1740. The minimum absolute atomic E-state index is 0.168. The highest BCUT2D eigenvalue weighted by Crippen LogP contribution is 2.39. The van der Waals surface area contributed by atoms with E-state index in [9.17, 15) is 13.2 Å². The second kappa shape index (κ2) is 10.7. The number of morpholine rings is 1. The normalized spacial score (nSPS) is 17.1. The molecule has 2 aliphatic rings. The molecule has 3 heterocycles. The van der Waals surface area contributed by atoms with Gasteiger partial charge in [-0.2, -0.15) is 4.31 Å². The average Bonchev–Trinajstić information content (AvgIpc) is 3.44. The summed E-state index contributed by atoms with van der Waals surface area (Å²) >= 11 is 6.23. The van der Waals surface area contributed by atoms with E-state index in [-0.39, 0.29) is 10.8 Å². The van der Waals surface area contributed by atoms with Gasteiger partial charge in [-0.25, -0.2) is 8.42 Å². The first kappa shape index (κ1) is 26.6. The van der Waals surface area contributed by atoms with Gasteiger partial charge in [0.25, 0.3) is 5.91 Å². The largest absolute Gasteiger partial charge is 0.490 e. The van der Waals surface area contributed by atoms with Gasteiger partial charge < -0.3 is 18.9 Å². The third-order valence-corrected chi connectivity index (χ3v) is 9.51. The molecule has 2 aliphatic heterocycles. The van der Waals surface area contributed by atoms with E-state index in [1.54, 1.807) is 36.2 Å². The number of ether oxygens (including phenoxy) is 2. The van der Waals surface area contributed by atoms with Crippen LogP contribution >= 0.6 is 11.6 Å². The van der Waals surface area contributed by atoms with Gasteiger partial charge in [0.2, 0.25) is 10.0 Å². The smallest absolute Gasteiger partial charge is 0.258 e. The number of aromatic nitrogens is 1. The quantitative estimate of drug-likeness (QED) is 0.292. The molecule has 0 bridgehead atoms. The maximum atomic E-state index is 13.4. The first-order chi connectivity index (χ1) is 19.3. The van der Waals surface area contributed by atoms with E-state index in [2.05, 4.69) is 4.57 Å². The van der Waals surface area contributed by atoms with Crippen LogP contribution in [0.1, 0.15) is 11.1 Å². The summed E-state index contributed by atoms with van der Waals surface area (Å²) in [5.74, 6) is 0.441. The van der Waals surface area contributed by atoms with Crippen LogP contribution in [-0.2, 0) is 26.1 Å². The summed E-state index contributed by atoms with van der Waals surface area (Å²) in [5, 5.41) is 1.54. The highest BCUT2D eigenvalue weighted by atomic mass is 35.5. The van der Waals surface area contributed by atoms with Crippen LogP contribution in [0.15, 0.2) is 77.8 Å². The lowest BCUT2D eigenvalue weighted by Crippen LogP contribution is -2.40. The van der Waals surface area contributed by atoms with E-state index in [0.29, 0.717) is 67.1 Å². The van der Waals surface area contributed by atoms with Crippen molar-refractivity contribution in [3.05, 3.63) is 89.1 Å². The van der Waals surface area contributed by atoms with Crippen LogP contribution in [0, 0.1) is 0 Å². The predicted molar refractivity (Wildman–Crippen MR) is 156 cm³/mol. The molecular weight excluding hydrogens is 550 g/mol. The van der Waals surface area contributed by atoms with Crippen molar-refractivity contribution in [1.82, 2.24) is 8.87 Å². The number of hydrogen-bond donors (Lipinski definition) is 0. The molecular formula is C30H28ClN3O5S. The van der Waals surface area contributed by atoms with Crippen molar-refractivity contribution in [2.24, 2.45) is 0 Å². The minimum atomic E-state index is -3.71. The number of sulfonamides is 1. The van der Waals surface area contributed by atoms with E-state index >= 15 is 0 Å². The second-order valence-corrected chi connectivity index (χ2v) is 12.0. The van der Waals surface area contributed by atoms with E-state index in [0.717, 1.165) is 16.5 Å². The second-order valence-electron chi connectivity index (χ2n) is 9.69. The van der Waals surface area contributed by atoms with Crippen molar-refractivity contribution in [1.29, 1.82) is 0 Å². The van der Waals surface area contributed by atoms with Crippen LogP contribution in [0.5, 0.6) is 5.75 Å². The van der Waals surface area contributed by atoms with E-state index in [1.165, 1.54) is 4.31 Å². The Hall–Kier alpha value is -3.63. The first-order valence-electron chi connectivity index (χ1n) is 13.0. The fourth-order valence-electron chi connectivity index (χ4n) is 5.21. The Morgan fingerprint density at radius 2 is 1.77 bits per heavy atom. The number of likely N-dealkylation sites (N-methyl/N-ethyl adjacent to an activating group) is 1. The van der Waals surface area contributed by atoms with Gasteiger partial charge in [0.1, 0.15) is 12.4 Å². The lowest BCUT2D eigenvalue weighted by Gasteiger charge is -2.26. The van der Waals surface area contributed by atoms with E-state index in [1.807, 2.05) is 54.7 Å². The Kier molecular flexibility index (Phi) is 7.14. The molecule has 0 N–H and O–H groups in total. The summed E-state index contributed by atoms with van der Waals surface area (Å²) in [5.41, 5.74) is 3.58. The van der Waals surface area contributed by atoms with Gasteiger partial charge in [0.15, 0.2) is 0 Å². The summed E-state index contributed by atoms with van der Waals surface area (Å²) in [7, 11) is -2.01. The maximum Gasteiger partial charge on any atom is 0.258 e. The first-order valence-corrected chi connectivity index (χ1v) is 14.8. The lowest BCUT2D eigenvalue weighted by molar-refractivity contribution is -0.112. The number of benzene rings is 3. The Labute approximate surface area is 238 Å². The standard InChI is InChI=1S/C30H28ClN3O5S/c1-32-27-11-10-22(40(36,37)34-13-15-38-16-14-34)19-24(27)25(30(32)35)18-21-20-33(28-8-4-2-6-23(21)28)12-17-39-29-9-5-3-7-26(29)31/h2-11,18-20H,12-17H2,1H3/b25-18-. The minimum Gasteiger partial charge on any atom is -0.490 e. The molecule has 3 aromatic carbocycles. The molecule has 1 fully saturated rings. The number of nitrogens with zero attached hydrogens (tertiary/aromatic N) is 3. The maximum absolute atomic E-state index is 13.4. The number of anilines is 1. The summed E-state index contributed by atoms with van der Waals surface area (Å²) in [6.45, 7) is 2.32. The van der Waals surface area contributed by atoms with Crippen molar-refractivity contribution in [2.75, 3.05) is 44.9 Å². The average molecular weight is 578 g/mol. The van der Waals surface area contributed by atoms with Crippen LogP contribution in [0.2, 0.25) is 5.02 Å². The zero-order valence-corrected chi connectivity index (χ0v) is 23.5. The number of hydrogen-bond acceptors (Lipinski definition) is 5. The summed E-state index contributed by atoms with van der Waals surface area (Å²) in [4.78, 5) is 15.1. The molecule has 0 radical (unpaired) electrons. The van der Waals surface area contributed by atoms with Crippen molar-refractivity contribution in [3.63, 3.8) is 0 Å². The molecule has 6 rings (SSSR count). The van der Waals surface area contributed by atoms with Crippen molar-refractivity contribution >= 4 is 55.8 Å².